The second-order valence-corrected chi connectivity index (χ2v) is 9.36. The van der Waals surface area contributed by atoms with Crippen molar-refractivity contribution in [1.82, 2.24) is 0 Å². The minimum Gasteiger partial charge on any atom is -0.369 e. The fraction of sp³-hybridized carbons (Fsp3) is 0.316. The Kier molecular flexibility index (Phi) is 7.22. The first-order valence-corrected chi connectivity index (χ1v) is 10.8. The molecule has 0 aliphatic heterocycles. The summed E-state index contributed by atoms with van der Waals surface area (Å²) >= 11 is 5.58. The maximum absolute atomic E-state index is 13.0. The summed E-state index contributed by atoms with van der Waals surface area (Å²) < 4.78 is 102. The van der Waals surface area contributed by atoms with Crippen LogP contribution in [0.5, 0.6) is 0 Å². The molecule has 0 saturated heterocycles. The third-order valence-electron chi connectivity index (χ3n) is 4.49. The molecule has 0 fully saturated rings. The van der Waals surface area contributed by atoms with Gasteiger partial charge in [-0.05, 0) is 29.8 Å². The molecular weight excluding hydrogens is 488 g/mol. The Hall–Kier alpha value is -2.31. The normalized spacial score (nSPS) is 13.2. The number of nitrogens with one attached hydrogen (secondary N) is 1. The van der Waals surface area contributed by atoms with Gasteiger partial charge in [-0.3, -0.25) is 4.79 Å². The lowest BCUT2D eigenvalue weighted by Gasteiger charge is -2.33. The number of halogens is 7. The average Bonchev–Trinajstić information content (AvgIpc) is 2.66. The molecule has 0 saturated carbocycles. The van der Waals surface area contributed by atoms with Crippen LogP contribution in [0.25, 0.3) is 0 Å². The van der Waals surface area contributed by atoms with Crippen LogP contribution >= 0.6 is 11.6 Å². The Labute approximate surface area is 183 Å². The van der Waals surface area contributed by atoms with Crippen molar-refractivity contribution in [3.05, 3.63) is 58.6 Å². The van der Waals surface area contributed by atoms with Gasteiger partial charge in [0.15, 0.2) is 9.84 Å². The minimum atomic E-state index is -6.10. The molecule has 5 nitrogen and oxygen atoms in total. The SMILES string of the molecule is CCS(=O)(=O)c1ccc(CC(=O)Nc2ccc(C(O)(C(F)(F)F)C(F)(F)F)c(Cl)c2)cc1. The molecule has 1 amide bonds. The first-order valence-electron chi connectivity index (χ1n) is 8.80. The van der Waals surface area contributed by atoms with Crippen molar-refractivity contribution < 1.29 is 44.7 Å². The van der Waals surface area contributed by atoms with E-state index in [-0.39, 0.29) is 22.8 Å². The van der Waals surface area contributed by atoms with E-state index in [0.29, 0.717) is 17.7 Å². The van der Waals surface area contributed by atoms with E-state index in [1.54, 1.807) is 0 Å². The van der Waals surface area contributed by atoms with Crippen LogP contribution in [0.1, 0.15) is 18.1 Å². The van der Waals surface area contributed by atoms with Gasteiger partial charge in [0.1, 0.15) is 0 Å². The number of amides is 1. The van der Waals surface area contributed by atoms with Crippen LogP contribution in [0.4, 0.5) is 32.0 Å². The van der Waals surface area contributed by atoms with Gasteiger partial charge >= 0.3 is 12.4 Å². The van der Waals surface area contributed by atoms with Crippen LogP contribution in [0, 0.1) is 0 Å². The molecular formula is C19H16ClF6NO4S. The van der Waals surface area contributed by atoms with Gasteiger partial charge in [0.2, 0.25) is 5.91 Å². The molecule has 0 spiro atoms. The molecule has 32 heavy (non-hydrogen) atoms. The van der Waals surface area contributed by atoms with Crippen molar-refractivity contribution >= 4 is 33.0 Å². The Balaban J connectivity index is 2.21. The number of hydrogen-bond acceptors (Lipinski definition) is 4. The number of benzene rings is 2. The molecule has 0 bridgehead atoms. The average molecular weight is 504 g/mol. The highest BCUT2D eigenvalue weighted by Crippen LogP contribution is 2.51. The lowest BCUT2D eigenvalue weighted by atomic mass is 9.92. The van der Waals surface area contributed by atoms with Crippen LogP contribution in [0.2, 0.25) is 5.02 Å². The molecule has 2 aromatic carbocycles. The summed E-state index contributed by atoms with van der Waals surface area (Å²) in [5.41, 5.74) is -6.63. The van der Waals surface area contributed by atoms with E-state index in [2.05, 4.69) is 5.32 Å². The number of alkyl halides is 6. The quantitative estimate of drug-likeness (QED) is 0.563. The van der Waals surface area contributed by atoms with E-state index in [1.807, 2.05) is 0 Å². The molecule has 0 aliphatic rings. The summed E-state index contributed by atoms with van der Waals surface area (Å²) in [6.45, 7) is 1.47. The first-order chi connectivity index (χ1) is 14.5. The number of carbonyl (C=O) groups excluding carboxylic acids is 1. The summed E-state index contributed by atoms with van der Waals surface area (Å²) in [5, 5.41) is 10.6. The van der Waals surface area contributed by atoms with Gasteiger partial charge in [-0.25, -0.2) is 8.42 Å². The lowest BCUT2D eigenvalue weighted by Crippen LogP contribution is -2.54. The van der Waals surface area contributed by atoms with Gasteiger partial charge in [-0.1, -0.05) is 36.7 Å². The number of rotatable bonds is 6. The maximum Gasteiger partial charge on any atom is 0.430 e. The van der Waals surface area contributed by atoms with E-state index >= 15 is 0 Å². The molecule has 0 unspecified atom stereocenters. The standard InChI is InChI=1S/C19H16ClF6NO4S/c1-2-32(30,31)13-6-3-11(4-7-13)9-16(28)27-12-5-8-14(15(20)10-12)17(29,18(21,22)23)19(24,25)26/h3-8,10,29H,2,9H2,1H3,(H,27,28). The number of anilines is 1. The number of carbonyl (C=O) groups is 1. The third kappa shape index (κ3) is 5.18. The molecule has 2 rings (SSSR count). The van der Waals surface area contributed by atoms with E-state index in [0.717, 1.165) is 6.07 Å². The lowest BCUT2D eigenvalue weighted by molar-refractivity contribution is -0.376. The van der Waals surface area contributed by atoms with Gasteiger partial charge in [0.05, 0.1) is 17.1 Å². The first kappa shape index (κ1) is 25.9. The van der Waals surface area contributed by atoms with Crippen LogP contribution in [-0.4, -0.2) is 37.5 Å². The summed E-state index contributed by atoms with van der Waals surface area (Å²) in [5.74, 6) is -0.802. The van der Waals surface area contributed by atoms with E-state index in [9.17, 15) is 44.7 Å². The number of sulfone groups is 1. The van der Waals surface area contributed by atoms with Crippen molar-refractivity contribution in [3.63, 3.8) is 0 Å². The fourth-order valence-corrected chi connectivity index (χ4v) is 3.93. The zero-order valence-corrected chi connectivity index (χ0v) is 17.8. The van der Waals surface area contributed by atoms with Crippen LogP contribution in [0.3, 0.4) is 0 Å². The van der Waals surface area contributed by atoms with Gasteiger partial charge in [0.25, 0.3) is 5.60 Å². The smallest absolute Gasteiger partial charge is 0.369 e. The van der Waals surface area contributed by atoms with E-state index < -0.39 is 44.3 Å². The Morgan fingerprint density at radius 3 is 1.97 bits per heavy atom. The zero-order valence-electron chi connectivity index (χ0n) is 16.2. The molecule has 0 atom stereocenters. The topological polar surface area (TPSA) is 83.5 Å². The van der Waals surface area contributed by atoms with Gasteiger partial charge in [0, 0.05) is 16.3 Å². The van der Waals surface area contributed by atoms with Gasteiger partial charge in [-0.2, -0.15) is 26.3 Å². The molecule has 13 heteroatoms. The second-order valence-electron chi connectivity index (χ2n) is 6.67. The Bertz CT molecular complexity index is 1080. The summed E-state index contributed by atoms with van der Waals surface area (Å²) in [7, 11) is -3.43. The minimum absolute atomic E-state index is 0.0633. The number of hydrogen-bond donors (Lipinski definition) is 2. The van der Waals surface area contributed by atoms with Crippen LogP contribution < -0.4 is 5.32 Å². The van der Waals surface area contributed by atoms with Crippen molar-refractivity contribution in [3.8, 4) is 0 Å². The summed E-state index contributed by atoms with van der Waals surface area (Å²) in [6.07, 6.45) is -12.5. The predicted octanol–water partition coefficient (Wildman–Crippen LogP) is 4.63. The molecule has 2 N–H and O–H groups in total. The van der Waals surface area contributed by atoms with E-state index in [4.69, 9.17) is 11.6 Å². The second kappa shape index (κ2) is 8.91. The van der Waals surface area contributed by atoms with Crippen molar-refractivity contribution in [1.29, 1.82) is 0 Å². The molecule has 2 aromatic rings. The highest BCUT2D eigenvalue weighted by Gasteiger charge is 2.72. The van der Waals surface area contributed by atoms with Crippen LogP contribution in [-0.2, 0) is 26.7 Å². The molecule has 0 heterocycles. The Morgan fingerprint density at radius 1 is 1.00 bits per heavy atom. The van der Waals surface area contributed by atoms with Gasteiger partial charge in [-0.15, -0.1) is 0 Å². The molecule has 0 aliphatic carbocycles. The third-order valence-corrected chi connectivity index (χ3v) is 6.55. The monoisotopic (exact) mass is 503 g/mol. The van der Waals surface area contributed by atoms with Gasteiger partial charge < -0.3 is 10.4 Å². The molecule has 0 aromatic heterocycles. The largest absolute Gasteiger partial charge is 0.430 e. The van der Waals surface area contributed by atoms with Crippen molar-refractivity contribution in [2.75, 3.05) is 11.1 Å². The van der Waals surface area contributed by atoms with Crippen molar-refractivity contribution in [2.24, 2.45) is 0 Å². The molecule has 0 radical (unpaired) electrons. The van der Waals surface area contributed by atoms with E-state index in [1.165, 1.54) is 31.2 Å². The zero-order chi connectivity index (χ0) is 24.5. The predicted molar refractivity (Wildman–Crippen MR) is 104 cm³/mol. The van der Waals surface area contributed by atoms with Crippen LogP contribution in [0.15, 0.2) is 47.4 Å². The Morgan fingerprint density at radius 2 is 1.53 bits per heavy atom. The highest BCUT2D eigenvalue weighted by atomic mass is 35.5. The summed E-state index contributed by atoms with van der Waals surface area (Å²) in [6, 6.07) is 7.11. The number of aliphatic hydroxyl groups is 1. The maximum atomic E-state index is 13.0. The van der Waals surface area contributed by atoms with Crippen molar-refractivity contribution in [2.45, 2.75) is 36.2 Å². The molecule has 176 valence electrons. The fourth-order valence-electron chi connectivity index (χ4n) is 2.72. The highest BCUT2D eigenvalue weighted by molar-refractivity contribution is 7.91. The summed E-state index contributed by atoms with van der Waals surface area (Å²) in [4.78, 5) is 12.2.